The van der Waals surface area contributed by atoms with Gasteiger partial charge < -0.3 is 10.2 Å². The fraction of sp³-hybridized carbons (Fsp3) is 0.500. The Balaban J connectivity index is 2.20. The van der Waals surface area contributed by atoms with Gasteiger partial charge >= 0.3 is 0 Å². The third-order valence-electron chi connectivity index (χ3n) is 3.13. The summed E-state index contributed by atoms with van der Waals surface area (Å²) < 4.78 is 13.3. The van der Waals surface area contributed by atoms with Crippen molar-refractivity contribution in [2.75, 3.05) is 13.1 Å². The number of carbonyl (C=O) groups is 1. The van der Waals surface area contributed by atoms with Gasteiger partial charge in [-0.3, -0.25) is 4.79 Å². The van der Waals surface area contributed by atoms with Crippen molar-refractivity contribution < 1.29 is 9.18 Å². The fourth-order valence-corrected chi connectivity index (χ4v) is 2.54. The molecule has 3 nitrogen and oxygen atoms in total. The van der Waals surface area contributed by atoms with Gasteiger partial charge in [0, 0.05) is 30.7 Å². The van der Waals surface area contributed by atoms with E-state index in [4.69, 9.17) is 0 Å². The molecule has 98 valence electrons. The van der Waals surface area contributed by atoms with Crippen LogP contribution in [-0.4, -0.2) is 36.0 Å². The minimum atomic E-state index is -0.352. The van der Waals surface area contributed by atoms with E-state index in [0.29, 0.717) is 18.7 Å². The van der Waals surface area contributed by atoms with Crippen LogP contribution >= 0.6 is 0 Å². The largest absolute Gasteiger partial charge is 0.336 e. The second kappa shape index (κ2) is 5.06. The highest BCUT2D eigenvalue weighted by Crippen LogP contribution is 2.13. The lowest BCUT2D eigenvalue weighted by Crippen LogP contribution is -2.55. The molecule has 1 aliphatic heterocycles. The van der Waals surface area contributed by atoms with Crippen molar-refractivity contribution in [2.45, 2.75) is 32.9 Å². The van der Waals surface area contributed by atoms with Gasteiger partial charge in [0.05, 0.1) is 0 Å². The number of nitrogens with zero attached hydrogens (tertiary/aromatic N) is 1. The number of piperazine rings is 1. The highest BCUT2D eigenvalue weighted by molar-refractivity contribution is 5.94. The molecule has 1 amide bonds. The maximum Gasteiger partial charge on any atom is 0.254 e. The van der Waals surface area contributed by atoms with Crippen LogP contribution in [0.15, 0.2) is 18.2 Å². The Labute approximate surface area is 107 Å². The molecule has 2 rings (SSSR count). The number of carbonyl (C=O) groups excluding carboxylic acids is 1. The van der Waals surface area contributed by atoms with Crippen LogP contribution in [-0.2, 0) is 0 Å². The first kappa shape index (κ1) is 13.0. The number of nitrogens with one attached hydrogen (secondary N) is 1. The van der Waals surface area contributed by atoms with Crippen LogP contribution < -0.4 is 5.32 Å². The Hall–Kier alpha value is -1.42. The summed E-state index contributed by atoms with van der Waals surface area (Å²) in [5.41, 5.74) is 1.21. The molecular formula is C14H19FN2O. The Morgan fingerprint density at radius 3 is 2.44 bits per heavy atom. The van der Waals surface area contributed by atoms with Crippen molar-refractivity contribution >= 4 is 5.91 Å². The van der Waals surface area contributed by atoms with Crippen molar-refractivity contribution in [1.29, 1.82) is 0 Å². The van der Waals surface area contributed by atoms with Gasteiger partial charge in [-0.2, -0.15) is 0 Å². The first-order valence-corrected chi connectivity index (χ1v) is 6.28. The highest BCUT2D eigenvalue weighted by atomic mass is 19.1. The van der Waals surface area contributed by atoms with Gasteiger partial charge in [0.1, 0.15) is 5.82 Å². The van der Waals surface area contributed by atoms with E-state index in [9.17, 15) is 9.18 Å². The van der Waals surface area contributed by atoms with Gasteiger partial charge in [-0.05, 0) is 44.5 Å². The number of hydrogen-bond acceptors (Lipinski definition) is 2. The van der Waals surface area contributed by atoms with E-state index in [-0.39, 0.29) is 23.8 Å². The molecule has 1 heterocycles. The van der Waals surface area contributed by atoms with Crippen LogP contribution in [0.3, 0.4) is 0 Å². The standard InChI is InChI=1S/C14H19FN2O/c1-9-4-12(6-13(15)5-9)14(18)17-7-10(2)16-11(3)8-17/h4-6,10-11,16H,7-8H2,1-3H3. The van der Waals surface area contributed by atoms with E-state index in [2.05, 4.69) is 5.32 Å². The van der Waals surface area contributed by atoms with Gasteiger partial charge in [-0.1, -0.05) is 0 Å². The molecule has 0 saturated carbocycles. The lowest BCUT2D eigenvalue weighted by molar-refractivity contribution is 0.0673. The number of rotatable bonds is 1. The van der Waals surface area contributed by atoms with Gasteiger partial charge in [0.2, 0.25) is 0 Å². The van der Waals surface area contributed by atoms with Crippen LogP contribution in [0.2, 0.25) is 0 Å². The molecule has 0 aromatic heterocycles. The first-order valence-electron chi connectivity index (χ1n) is 6.28. The lowest BCUT2D eigenvalue weighted by Gasteiger charge is -2.36. The van der Waals surface area contributed by atoms with E-state index in [1.165, 1.54) is 12.1 Å². The third-order valence-corrected chi connectivity index (χ3v) is 3.13. The number of benzene rings is 1. The highest BCUT2D eigenvalue weighted by Gasteiger charge is 2.25. The number of aryl methyl sites for hydroxylation is 1. The average Bonchev–Trinajstić information content (AvgIpc) is 2.25. The van der Waals surface area contributed by atoms with E-state index >= 15 is 0 Å². The first-order chi connectivity index (χ1) is 8.45. The lowest BCUT2D eigenvalue weighted by atomic mass is 10.1. The molecule has 1 aromatic carbocycles. The van der Waals surface area contributed by atoms with Crippen LogP contribution in [0.4, 0.5) is 4.39 Å². The summed E-state index contributed by atoms with van der Waals surface area (Å²) in [6, 6.07) is 5.02. The van der Waals surface area contributed by atoms with Crippen LogP contribution in [0.25, 0.3) is 0 Å². The molecular weight excluding hydrogens is 231 g/mol. The number of hydrogen-bond donors (Lipinski definition) is 1. The van der Waals surface area contributed by atoms with Gasteiger partial charge in [-0.15, -0.1) is 0 Å². The maximum absolute atomic E-state index is 13.3. The molecule has 1 saturated heterocycles. The van der Waals surface area contributed by atoms with E-state index < -0.39 is 0 Å². The van der Waals surface area contributed by atoms with Crippen molar-refractivity contribution in [3.63, 3.8) is 0 Å². The predicted molar refractivity (Wildman–Crippen MR) is 69.1 cm³/mol. The second-order valence-electron chi connectivity index (χ2n) is 5.20. The molecule has 18 heavy (non-hydrogen) atoms. The van der Waals surface area contributed by atoms with Crippen molar-refractivity contribution in [3.8, 4) is 0 Å². The quantitative estimate of drug-likeness (QED) is 0.826. The number of amides is 1. The Morgan fingerprint density at radius 2 is 1.89 bits per heavy atom. The van der Waals surface area contributed by atoms with Crippen molar-refractivity contribution in [1.82, 2.24) is 10.2 Å². The zero-order valence-electron chi connectivity index (χ0n) is 11.0. The molecule has 0 spiro atoms. The van der Waals surface area contributed by atoms with E-state index in [1.54, 1.807) is 17.9 Å². The molecule has 0 aliphatic carbocycles. The number of halogens is 1. The summed E-state index contributed by atoms with van der Waals surface area (Å²) in [4.78, 5) is 14.1. The Kier molecular flexibility index (Phi) is 3.66. The van der Waals surface area contributed by atoms with Crippen molar-refractivity contribution in [2.24, 2.45) is 0 Å². The minimum Gasteiger partial charge on any atom is -0.336 e. The molecule has 2 atom stereocenters. The van der Waals surface area contributed by atoms with Crippen LogP contribution in [0.5, 0.6) is 0 Å². The van der Waals surface area contributed by atoms with E-state index in [1.807, 2.05) is 13.8 Å². The summed E-state index contributed by atoms with van der Waals surface area (Å²) in [5, 5.41) is 3.37. The summed E-state index contributed by atoms with van der Waals surface area (Å²) in [6.45, 7) is 7.22. The minimum absolute atomic E-state index is 0.0854. The topological polar surface area (TPSA) is 32.3 Å². The molecule has 0 bridgehead atoms. The predicted octanol–water partition coefficient (Wildman–Crippen LogP) is 1.96. The molecule has 1 N–H and O–H groups in total. The van der Waals surface area contributed by atoms with Gasteiger partial charge in [0.15, 0.2) is 0 Å². The fourth-order valence-electron chi connectivity index (χ4n) is 2.54. The SMILES string of the molecule is Cc1cc(F)cc(C(=O)N2CC(C)NC(C)C2)c1. The van der Waals surface area contributed by atoms with E-state index in [0.717, 1.165) is 5.56 Å². The molecule has 2 unspecified atom stereocenters. The smallest absolute Gasteiger partial charge is 0.254 e. The Morgan fingerprint density at radius 1 is 1.28 bits per heavy atom. The van der Waals surface area contributed by atoms with Crippen LogP contribution in [0.1, 0.15) is 29.8 Å². The maximum atomic E-state index is 13.3. The summed E-state index contributed by atoms with van der Waals surface area (Å²) >= 11 is 0. The van der Waals surface area contributed by atoms with Gasteiger partial charge in [0.25, 0.3) is 5.91 Å². The Bertz CT molecular complexity index is 431. The molecule has 1 aliphatic rings. The monoisotopic (exact) mass is 250 g/mol. The molecule has 1 fully saturated rings. The van der Waals surface area contributed by atoms with Crippen LogP contribution in [0, 0.1) is 12.7 Å². The van der Waals surface area contributed by atoms with Gasteiger partial charge in [-0.25, -0.2) is 4.39 Å². The molecule has 1 aromatic rings. The van der Waals surface area contributed by atoms with Crippen molar-refractivity contribution in [3.05, 3.63) is 35.1 Å². The molecule has 4 heteroatoms. The average molecular weight is 250 g/mol. The zero-order chi connectivity index (χ0) is 13.3. The third kappa shape index (κ3) is 2.88. The summed E-state index contributed by atoms with van der Waals surface area (Å²) in [5.74, 6) is -0.438. The zero-order valence-corrected chi connectivity index (χ0v) is 11.0. The normalized spacial score (nSPS) is 24.1. The summed E-state index contributed by atoms with van der Waals surface area (Å²) in [6.07, 6.45) is 0. The molecule has 0 radical (unpaired) electrons. The second-order valence-corrected chi connectivity index (χ2v) is 5.20. The summed E-state index contributed by atoms with van der Waals surface area (Å²) in [7, 11) is 0.